The number of morpholine rings is 1. The Bertz CT molecular complexity index is 177. The van der Waals surface area contributed by atoms with Crippen LogP contribution in [-0.2, 0) is 4.74 Å². The molecule has 2 heterocycles. The Balaban J connectivity index is 1.72. The number of rotatable bonds is 3. The number of nitrogens with one attached hydrogen (secondary N) is 1. The lowest BCUT2D eigenvalue weighted by atomic mass is 10.2. The predicted octanol–water partition coefficient (Wildman–Crippen LogP) is -0.388. The van der Waals surface area contributed by atoms with Crippen LogP contribution < -0.4 is 5.32 Å². The van der Waals surface area contributed by atoms with Gasteiger partial charge in [0.25, 0.3) is 0 Å². The first-order valence-corrected chi connectivity index (χ1v) is 6.11. The zero-order chi connectivity index (χ0) is 10.5. The largest absolute Gasteiger partial charge is 0.379 e. The minimum Gasteiger partial charge on any atom is -0.379 e. The van der Waals surface area contributed by atoms with E-state index in [1.54, 1.807) is 0 Å². The van der Waals surface area contributed by atoms with Crippen LogP contribution in [0.3, 0.4) is 0 Å². The summed E-state index contributed by atoms with van der Waals surface area (Å²) in [5.74, 6) is 0. The van der Waals surface area contributed by atoms with Crippen LogP contribution in [-0.4, -0.2) is 74.9 Å². The average molecular weight is 213 g/mol. The van der Waals surface area contributed by atoms with Crippen molar-refractivity contribution in [3.8, 4) is 0 Å². The smallest absolute Gasteiger partial charge is 0.0594 e. The summed E-state index contributed by atoms with van der Waals surface area (Å²) in [4.78, 5) is 5.11. The zero-order valence-electron chi connectivity index (χ0n) is 9.74. The summed E-state index contributed by atoms with van der Waals surface area (Å²) < 4.78 is 5.37. The number of nitrogens with zero attached hydrogens (tertiary/aromatic N) is 2. The minimum atomic E-state index is 0.673. The fourth-order valence-corrected chi connectivity index (χ4v) is 2.40. The van der Waals surface area contributed by atoms with E-state index in [0.717, 1.165) is 39.4 Å². The van der Waals surface area contributed by atoms with E-state index >= 15 is 0 Å². The highest BCUT2D eigenvalue weighted by molar-refractivity contribution is 4.76. The highest BCUT2D eigenvalue weighted by Gasteiger charge is 2.20. The van der Waals surface area contributed by atoms with Crippen LogP contribution in [0.2, 0.25) is 0 Å². The Morgan fingerprint density at radius 3 is 2.47 bits per heavy atom. The van der Waals surface area contributed by atoms with Crippen LogP contribution in [0.4, 0.5) is 0 Å². The highest BCUT2D eigenvalue weighted by Crippen LogP contribution is 2.06. The van der Waals surface area contributed by atoms with E-state index in [2.05, 4.69) is 22.0 Å². The van der Waals surface area contributed by atoms with Crippen LogP contribution in [0, 0.1) is 0 Å². The molecule has 1 N–H and O–H groups in total. The van der Waals surface area contributed by atoms with Crippen molar-refractivity contribution < 1.29 is 4.74 Å². The van der Waals surface area contributed by atoms with E-state index in [-0.39, 0.29) is 0 Å². The summed E-state index contributed by atoms with van der Waals surface area (Å²) in [5, 5.41) is 3.39. The molecule has 0 bridgehead atoms. The van der Waals surface area contributed by atoms with Gasteiger partial charge in [-0.1, -0.05) is 0 Å². The van der Waals surface area contributed by atoms with Crippen molar-refractivity contribution in [1.29, 1.82) is 0 Å². The van der Waals surface area contributed by atoms with Gasteiger partial charge in [-0.2, -0.15) is 0 Å². The summed E-state index contributed by atoms with van der Waals surface area (Å²) in [5.41, 5.74) is 0. The zero-order valence-corrected chi connectivity index (χ0v) is 9.74. The summed E-state index contributed by atoms with van der Waals surface area (Å²) >= 11 is 0. The number of ether oxygens (including phenoxy) is 1. The molecule has 2 aliphatic heterocycles. The fraction of sp³-hybridized carbons (Fsp3) is 1.00. The van der Waals surface area contributed by atoms with E-state index in [1.165, 1.54) is 19.6 Å². The van der Waals surface area contributed by atoms with Crippen molar-refractivity contribution >= 4 is 0 Å². The lowest BCUT2D eigenvalue weighted by Gasteiger charge is -2.36. The molecule has 0 aromatic carbocycles. The third-order valence-corrected chi connectivity index (χ3v) is 3.40. The molecule has 4 nitrogen and oxygen atoms in total. The van der Waals surface area contributed by atoms with Crippen LogP contribution >= 0.6 is 0 Å². The predicted molar refractivity (Wildman–Crippen MR) is 61.2 cm³/mol. The van der Waals surface area contributed by atoms with Crippen molar-refractivity contribution in [2.24, 2.45) is 0 Å². The second kappa shape index (κ2) is 5.80. The second-order valence-electron chi connectivity index (χ2n) is 4.55. The number of hydrogen-bond donors (Lipinski definition) is 1. The molecule has 0 aromatic rings. The molecular formula is C11H23N3O. The van der Waals surface area contributed by atoms with Crippen molar-refractivity contribution in [1.82, 2.24) is 15.1 Å². The first-order chi connectivity index (χ1) is 7.36. The minimum absolute atomic E-state index is 0.673. The molecule has 0 aliphatic carbocycles. The molecule has 1 atom stereocenters. The monoisotopic (exact) mass is 213 g/mol. The van der Waals surface area contributed by atoms with Crippen molar-refractivity contribution in [2.45, 2.75) is 13.0 Å². The molecule has 2 fully saturated rings. The molecule has 0 aromatic heterocycles. The molecule has 0 spiro atoms. The van der Waals surface area contributed by atoms with Crippen molar-refractivity contribution in [3.63, 3.8) is 0 Å². The molecule has 0 radical (unpaired) electrons. The quantitative estimate of drug-likeness (QED) is 0.691. The summed E-state index contributed by atoms with van der Waals surface area (Å²) in [6.45, 7) is 12.3. The summed E-state index contributed by atoms with van der Waals surface area (Å²) in [7, 11) is 0. The molecule has 0 saturated carbocycles. The maximum absolute atomic E-state index is 5.37. The fourth-order valence-electron chi connectivity index (χ4n) is 2.40. The Morgan fingerprint density at radius 2 is 1.80 bits per heavy atom. The van der Waals surface area contributed by atoms with Gasteiger partial charge in [0.15, 0.2) is 0 Å². The number of piperazine rings is 1. The topological polar surface area (TPSA) is 27.7 Å². The van der Waals surface area contributed by atoms with Gasteiger partial charge in [0, 0.05) is 51.9 Å². The molecule has 1 unspecified atom stereocenters. The second-order valence-corrected chi connectivity index (χ2v) is 4.55. The maximum atomic E-state index is 5.37. The lowest BCUT2D eigenvalue weighted by Crippen LogP contribution is -2.51. The molecule has 0 amide bonds. The van der Waals surface area contributed by atoms with Gasteiger partial charge in [-0.15, -0.1) is 0 Å². The van der Waals surface area contributed by atoms with E-state index in [9.17, 15) is 0 Å². The molecule has 88 valence electrons. The van der Waals surface area contributed by atoms with Gasteiger partial charge < -0.3 is 10.1 Å². The first-order valence-electron chi connectivity index (χ1n) is 6.11. The van der Waals surface area contributed by atoms with Crippen LogP contribution in [0.5, 0.6) is 0 Å². The van der Waals surface area contributed by atoms with E-state index in [4.69, 9.17) is 4.74 Å². The van der Waals surface area contributed by atoms with Gasteiger partial charge in [-0.05, 0) is 6.92 Å². The maximum Gasteiger partial charge on any atom is 0.0594 e. The highest BCUT2D eigenvalue weighted by atomic mass is 16.5. The first kappa shape index (κ1) is 11.3. The normalized spacial score (nSPS) is 27.8. The van der Waals surface area contributed by atoms with Crippen LogP contribution in [0.1, 0.15) is 6.92 Å². The Morgan fingerprint density at radius 1 is 1.13 bits per heavy atom. The van der Waals surface area contributed by atoms with Gasteiger partial charge >= 0.3 is 0 Å². The van der Waals surface area contributed by atoms with Gasteiger partial charge in [0.05, 0.1) is 13.2 Å². The molecule has 4 heteroatoms. The SMILES string of the molecule is CC(CN1CCNCC1)N1CCOCC1. The summed E-state index contributed by atoms with van der Waals surface area (Å²) in [6, 6.07) is 0.673. The lowest BCUT2D eigenvalue weighted by molar-refractivity contribution is 0.0117. The van der Waals surface area contributed by atoms with E-state index in [0.29, 0.717) is 6.04 Å². The molecule has 2 rings (SSSR count). The van der Waals surface area contributed by atoms with Gasteiger partial charge in [-0.25, -0.2) is 0 Å². The molecular weight excluding hydrogens is 190 g/mol. The van der Waals surface area contributed by atoms with Gasteiger partial charge in [0.1, 0.15) is 0 Å². The van der Waals surface area contributed by atoms with E-state index < -0.39 is 0 Å². The Hall–Kier alpha value is -0.160. The van der Waals surface area contributed by atoms with E-state index in [1.807, 2.05) is 0 Å². The number of hydrogen-bond acceptors (Lipinski definition) is 4. The van der Waals surface area contributed by atoms with Crippen molar-refractivity contribution in [2.75, 3.05) is 59.0 Å². The molecule has 2 saturated heterocycles. The van der Waals surface area contributed by atoms with Gasteiger partial charge in [0.2, 0.25) is 0 Å². The van der Waals surface area contributed by atoms with Crippen LogP contribution in [0.15, 0.2) is 0 Å². The van der Waals surface area contributed by atoms with Crippen molar-refractivity contribution in [3.05, 3.63) is 0 Å². The summed E-state index contributed by atoms with van der Waals surface area (Å²) in [6.07, 6.45) is 0. The molecule has 15 heavy (non-hydrogen) atoms. The Kier molecular flexibility index (Phi) is 4.38. The third-order valence-electron chi connectivity index (χ3n) is 3.40. The van der Waals surface area contributed by atoms with Crippen LogP contribution in [0.25, 0.3) is 0 Å². The standard InChI is InChI=1S/C11H23N3O/c1-11(14-6-8-15-9-7-14)10-13-4-2-12-3-5-13/h11-12H,2-10H2,1H3. The molecule has 2 aliphatic rings. The third kappa shape index (κ3) is 3.41. The Labute approximate surface area is 92.6 Å². The average Bonchev–Trinajstić information content (AvgIpc) is 2.31. The van der Waals surface area contributed by atoms with Gasteiger partial charge in [-0.3, -0.25) is 9.80 Å².